The maximum absolute atomic E-state index is 11.5. The topological polar surface area (TPSA) is 50.4 Å². The SMILES string of the molecule is COCC(=O)Nc1cccc(NC(C)c2ccsc2)c1. The quantitative estimate of drug-likeness (QED) is 0.856. The number of benzene rings is 1. The number of ether oxygens (including phenoxy) is 1. The minimum atomic E-state index is -0.157. The van der Waals surface area contributed by atoms with Gasteiger partial charge in [0.05, 0.1) is 0 Å². The predicted molar refractivity (Wildman–Crippen MR) is 83.3 cm³/mol. The van der Waals surface area contributed by atoms with Gasteiger partial charge in [0, 0.05) is 24.5 Å². The number of carbonyl (C=O) groups excluding carboxylic acids is 1. The van der Waals surface area contributed by atoms with Gasteiger partial charge in [-0.05, 0) is 47.5 Å². The normalized spacial score (nSPS) is 11.9. The highest BCUT2D eigenvalue weighted by Crippen LogP contribution is 2.23. The third kappa shape index (κ3) is 4.08. The van der Waals surface area contributed by atoms with Gasteiger partial charge in [0.25, 0.3) is 0 Å². The van der Waals surface area contributed by atoms with Crippen LogP contribution in [0.1, 0.15) is 18.5 Å². The molecule has 0 aliphatic heterocycles. The molecule has 1 atom stereocenters. The van der Waals surface area contributed by atoms with E-state index in [0.717, 1.165) is 11.4 Å². The smallest absolute Gasteiger partial charge is 0.250 e. The van der Waals surface area contributed by atoms with Gasteiger partial charge in [0.15, 0.2) is 0 Å². The summed E-state index contributed by atoms with van der Waals surface area (Å²) in [6.45, 7) is 2.17. The van der Waals surface area contributed by atoms with E-state index in [1.54, 1.807) is 11.3 Å². The van der Waals surface area contributed by atoms with E-state index in [1.165, 1.54) is 12.7 Å². The summed E-state index contributed by atoms with van der Waals surface area (Å²) in [7, 11) is 1.50. The van der Waals surface area contributed by atoms with Gasteiger partial charge in [-0.1, -0.05) is 6.07 Å². The number of methoxy groups -OCH3 is 1. The van der Waals surface area contributed by atoms with E-state index < -0.39 is 0 Å². The highest BCUT2D eigenvalue weighted by atomic mass is 32.1. The van der Waals surface area contributed by atoms with Crippen molar-refractivity contribution in [2.75, 3.05) is 24.4 Å². The Hall–Kier alpha value is -1.85. The van der Waals surface area contributed by atoms with E-state index >= 15 is 0 Å². The molecule has 1 aromatic heterocycles. The molecule has 106 valence electrons. The molecule has 0 aliphatic rings. The Bertz CT molecular complexity index is 555. The summed E-state index contributed by atoms with van der Waals surface area (Å²) in [5, 5.41) is 10.4. The average molecular weight is 290 g/mol. The molecule has 1 amide bonds. The molecule has 2 aromatic rings. The Morgan fingerprint density at radius 2 is 2.15 bits per heavy atom. The first-order valence-corrected chi connectivity index (χ1v) is 7.31. The Balaban J connectivity index is 2.00. The van der Waals surface area contributed by atoms with Gasteiger partial charge in [0.2, 0.25) is 5.91 Å². The average Bonchev–Trinajstić information content (AvgIpc) is 2.93. The van der Waals surface area contributed by atoms with Crippen LogP contribution in [0, 0.1) is 0 Å². The zero-order valence-corrected chi connectivity index (χ0v) is 12.4. The minimum absolute atomic E-state index is 0.0585. The van der Waals surface area contributed by atoms with Gasteiger partial charge in [-0.2, -0.15) is 11.3 Å². The second-order valence-corrected chi connectivity index (χ2v) is 5.26. The molecule has 0 saturated heterocycles. The number of hydrogen-bond acceptors (Lipinski definition) is 4. The van der Waals surface area contributed by atoms with E-state index in [-0.39, 0.29) is 18.6 Å². The van der Waals surface area contributed by atoms with Crippen molar-refractivity contribution in [2.24, 2.45) is 0 Å². The van der Waals surface area contributed by atoms with Crippen molar-refractivity contribution < 1.29 is 9.53 Å². The number of thiophene rings is 1. The Kier molecular flexibility index (Phi) is 5.15. The molecular formula is C15H18N2O2S. The summed E-state index contributed by atoms with van der Waals surface area (Å²) in [5.41, 5.74) is 2.98. The van der Waals surface area contributed by atoms with Crippen molar-refractivity contribution in [3.05, 3.63) is 46.7 Å². The second-order valence-electron chi connectivity index (χ2n) is 4.48. The van der Waals surface area contributed by atoms with Gasteiger partial charge in [-0.25, -0.2) is 0 Å². The number of nitrogens with one attached hydrogen (secondary N) is 2. The van der Waals surface area contributed by atoms with Crippen LogP contribution in [0.5, 0.6) is 0 Å². The lowest BCUT2D eigenvalue weighted by Crippen LogP contribution is -2.17. The molecule has 0 bridgehead atoms. The van der Waals surface area contributed by atoms with Gasteiger partial charge in [-0.15, -0.1) is 0 Å². The first-order chi connectivity index (χ1) is 9.69. The molecule has 1 heterocycles. The molecule has 0 fully saturated rings. The second kappa shape index (κ2) is 7.07. The molecule has 4 nitrogen and oxygen atoms in total. The van der Waals surface area contributed by atoms with Crippen LogP contribution in [0.4, 0.5) is 11.4 Å². The van der Waals surface area contributed by atoms with Crippen LogP contribution in [0.25, 0.3) is 0 Å². The maximum atomic E-state index is 11.5. The lowest BCUT2D eigenvalue weighted by atomic mass is 10.1. The van der Waals surface area contributed by atoms with Crippen molar-refractivity contribution in [3.8, 4) is 0 Å². The summed E-state index contributed by atoms with van der Waals surface area (Å²) in [6.07, 6.45) is 0. The molecule has 1 aromatic carbocycles. The first-order valence-electron chi connectivity index (χ1n) is 6.36. The highest BCUT2D eigenvalue weighted by Gasteiger charge is 2.06. The fourth-order valence-electron chi connectivity index (χ4n) is 1.87. The number of amides is 1. The predicted octanol–water partition coefficient (Wildman–Crippen LogP) is 3.51. The first kappa shape index (κ1) is 14.6. The highest BCUT2D eigenvalue weighted by molar-refractivity contribution is 7.07. The zero-order valence-electron chi connectivity index (χ0n) is 11.6. The van der Waals surface area contributed by atoms with Gasteiger partial charge in [0.1, 0.15) is 6.61 Å². The maximum Gasteiger partial charge on any atom is 0.250 e. The van der Waals surface area contributed by atoms with E-state index in [1.807, 2.05) is 24.3 Å². The Labute approximate surface area is 122 Å². The fourth-order valence-corrected chi connectivity index (χ4v) is 2.62. The third-order valence-corrected chi connectivity index (χ3v) is 3.55. The molecule has 0 spiro atoms. The summed E-state index contributed by atoms with van der Waals surface area (Å²) in [4.78, 5) is 11.5. The Morgan fingerprint density at radius 3 is 2.85 bits per heavy atom. The molecule has 5 heteroatoms. The van der Waals surface area contributed by atoms with E-state index in [4.69, 9.17) is 4.74 Å². The summed E-state index contributed by atoms with van der Waals surface area (Å²) in [6, 6.07) is 9.99. The van der Waals surface area contributed by atoms with Crippen LogP contribution in [0.2, 0.25) is 0 Å². The van der Waals surface area contributed by atoms with Crippen molar-refractivity contribution in [1.82, 2.24) is 0 Å². The molecular weight excluding hydrogens is 272 g/mol. The number of hydrogen-bond donors (Lipinski definition) is 2. The van der Waals surface area contributed by atoms with E-state index in [9.17, 15) is 4.79 Å². The zero-order chi connectivity index (χ0) is 14.4. The molecule has 1 unspecified atom stereocenters. The number of carbonyl (C=O) groups is 1. The molecule has 0 saturated carbocycles. The van der Waals surface area contributed by atoms with Crippen molar-refractivity contribution >= 4 is 28.6 Å². The monoisotopic (exact) mass is 290 g/mol. The standard InChI is InChI=1S/C15H18N2O2S/c1-11(12-6-7-20-10-12)16-13-4-3-5-14(8-13)17-15(18)9-19-2/h3-8,10-11,16H,9H2,1-2H3,(H,17,18). The van der Waals surface area contributed by atoms with Crippen molar-refractivity contribution in [3.63, 3.8) is 0 Å². The van der Waals surface area contributed by atoms with Crippen LogP contribution in [-0.2, 0) is 9.53 Å². The lowest BCUT2D eigenvalue weighted by molar-refractivity contribution is -0.119. The van der Waals surface area contributed by atoms with Crippen LogP contribution < -0.4 is 10.6 Å². The lowest BCUT2D eigenvalue weighted by Gasteiger charge is -2.15. The molecule has 2 rings (SSSR count). The molecule has 20 heavy (non-hydrogen) atoms. The Morgan fingerprint density at radius 1 is 1.35 bits per heavy atom. The molecule has 2 N–H and O–H groups in total. The van der Waals surface area contributed by atoms with Crippen molar-refractivity contribution in [1.29, 1.82) is 0 Å². The van der Waals surface area contributed by atoms with Crippen molar-refractivity contribution in [2.45, 2.75) is 13.0 Å². The van der Waals surface area contributed by atoms with E-state index in [2.05, 4.69) is 34.4 Å². The summed E-state index contributed by atoms with van der Waals surface area (Å²) < 4.78 is 4.79. The minimum Gasteiger partial charge on any atom is -0.378 e. The molecule has 0 aliphatic carbocycles. The van der Waals surface area contributed by atoms with Gasteiger partial charge >= 0.3 is 0 Å². The number of rotatable bonds is 6. The fraction of sp³-hybridized carbons (Fsp3) is 0.267. The number of anilines is 2. The largest absolute Gasteiger partial charge is 0.378 e. The van der Waals surface area contributed by atoms with Gasteiger partial charge < -0.3 is 15.4 Å². The van der Waals surface area contributed by atoms with Gasteiger partial charge in [-0.3, -0.25) is 4.79 Å². The van der Waals surface area contributed by atoms with E-state index in [0.29, 0.717) is 0 Å². The van der Waals surface area contributed by atoms with Crippen LogP contribution in [0.15, 0.2) is 41.1 Å². The molecule has 0 radical (unpaired) electrons. The van der Waals surface area contributed by atoms with Crippen LogP contribution in [0.3, 0.4) is 0 Å². The third-order valence-electron chi connectivity index (χ3n) is 2.85. The van der Waals surface area contributed by atoms with Crippen LogP contribution in [-0.4, -0.2) is 19.6 Å². The summed E-state index contributed by atoms with van der Waals surface area (Å²) >= 11 is 1.68. The van der Waals surface area contributed by atoms with Crippen LogP contribution >= 0.6 is 11.3 Å². The summed E-state index contributed by atoms with van der Waals surface area (Å²) in [5.74, 6) is -0.157.